The van der Waals surface area contributed by atoms with Crippen LogP contribution in [0.4, 0.5) is 0 Å². The molecule has 0 unspecified atom stereocenters. The topological polar surface area (TPSA) is 92.7 Å². The van der Waals surface area contributed by atoms with Gasteiger partial charge in [-0.3, -0.25) is 4.79 Å². The molecule has 0 saturated carbocycles. The number of unbranched alkanes of at least 4 members (excludes halogenated alkanes) is 6. The molecule has 21 heavy (non-hydrogen) atoms. The van der Waals surface area contributed by atoms with E-state index in [9.17, 15) is 19.5 Å². The van der Waals surface area contributed by atoms with Gasteiger partial charge in [-0.15, -0.1) is 0 Å². The maximum atomic E-state index is 11.3. The smallest absolute Gasteiger partial charge is 0.548 e. The van der Waals surface area contributed by atoms with E-state index < -0.39 is 31.1 Å². The van der Waals surface area contributed by atoms with E-state index in [0.29, 0.717) is 6.42 Å². The summed E-state index contributed by atoms with van der Waals surface area (Å²) < 4.78 is 8.91. The Balaban J connectivity index is 0. The summed E-state index contributed by atoms with van der Waals surface area (Å²) in [4.78, 5) is 32.3. The van der Waals surface area contributed by atoms with Gasteiger partial charge in [-0.25, -0.2) is 4.79 Å². The monoisotopic (exact) mass is 326 g/mol. The molecule has 0 heterocycles. The number of carboxylic acids is 1. The Kier molecular flexibility index (Phi) is 18.5. The summed E-state index contributed by atoms with van der Waals surface area (Å²) in [6.07, 6.45) is 7.73. The Morgan fingerprint density at radius 2 is 1.43 bits per heavy atom. The van der Waals surface area contributed by atoms with Crippen LogP contribution < -0.4 is 56.5 Å². The predicted octanol–water partition coefficient (Wildman–Crippen LogP) is -2.03. The van der Waals surface area contributed by atoms with Crippen molar-refractivity contribution in [2.75, 3.05) is 13.2 Å². The van der Waals surface area contributed by atoms with Crippen LogP contribution in [-0.4, -0.2) is 31.1 Å². The second kappa shape index (κ2) is 16.6. The number of carbonyl (C=O) groups excluding carboxylic acids is 3. The van der Waals surface area contributed by atoms with Gasteiger partial charge in [0, 0.05) is 6.42 Å². The van der Waals surface area contributed by atoms with Crippen LogP contribution >= 0.6 is 0 Å². The molecule has 0 aliphatic heterocycles. The van der Waals surface area contributed by atoms with Crippen LogP contribution in [0.3, 0.4) is 0 Å². The first-order valence-corrected chi connectivity index (χ1v) is 7.07. The number of ether oxygens (including phenoxy) is 2. The van der Waals surface area contributed by atoms with Gasteiger partial charge in [0.2, 0.25) is 0 Å². The summed E-state index contributed by atoms with van der Waals surface area (Å²) in [5.74, 6) is -2.90. The van der Waals surface area contributed by atoms with Gasteiger partial charge in [0.25, 0.3) is 0 Å². The average molecular weight is 326 g/mol. The Morgan fingerprint density at radius 1 is 0.857 bits per heavy atom. The molecule has 0 rings (SSSR count). The third-order valence-corrected chi connectivity index (χ3v) is 2.65. The molecule has 0 N–H and O–H groups in total. The third-order valence-electron chi connectivity index (χ3n) is 2.65. The van der Waals surface area contributed by atoms with E-state index in [1.54, 1.807) is 0 Å². The average Bonchev–Trinajstić information content (AvgIpc) is 2.37. The molecule has 0 saturated heterocycles. The molecule has 0 aliphatic rings. The fourth-order valence-electron chi connectivity index (χ4n) is 1.65. The Morgan fingerprint density at radius 3 is 2.00 bits per heavy atom. The zero-order valence-corrected chi connectivity index (χ0v) is 16.1. The maximum absolute atomic E-state index is 11.3. The quantitative estimate of drug-likeness (QED) is 0.178. The molecule has 0 aliphatic carbocycles. The molecule has 0 radical (unpaired) electrons. The van der Waals surface area contributed by atoms with E-state index in [4.69, 9.17) is 0 Å². The van der Waals surface area contributed by atoms with Crippen molar-refractivity contribution in [2.24, 2.45) is 0 Å². The molecule has 0 spiro atoms. The van der Waals surface area contributed by atoms with E-state index >= 15 is 0 Å². The number of esters is 2. The molecule has 0 bridgehead atoms. The third kappa shape index (κ3) is 18.2. The fraction of sp³-hybridized carbons (Fsp3) is 0.786. The molecule has 7 heteroatoms. The van der Waals surface area contributed by atoms with Crippen molar-refractivity contribution in [3.05, 3.63) is 0 Å². The molecular formula is C14H23KO6. The zero-order chi connectivity index (χ0) is 15.2. The minimum absolute atomic E-state index is 0. The van der Waals surface area contributed by atoms with Gasteiger partial charge in [0.1, 0.15) is 6.61 Å². The van der Waals surface area contributed by atoms with Gasteiger partial charge < -0.3 is 19.4 Å². The molecule has 0 amide bonds. The second-order valence-corrected chi connectivity index (χ2v) is 4.58. The molecule has 0 fully saturated rings. The first-order chi connectivity index (χ1) is 9.56. The fourth-order valence-corrected chi connectivity index (χ4v) is 1.65. The largest absolute Gasteiger partial charge is 1.00 e. The maximum Gasteiger partial charge on any atom is 1.00 e. The van der Waals surface area contributed by atoms with Crippen LogP contribution in [0.5, 0.6) is 0 Å². The van der Waals surface area contributed by atoms with Crippen molar-refractivity contribution in [2.45, 2.75) is 58.3 Å². The number of carbonyl (C=O) groups is 3. The zero-order valence-electron chi connectivity index (χ0n) is 13.0. The van der Waals surface area contributed by atoms with Gasteiger partial charge in [0.15, 0.2) is 0 Å². The summed E-state index contributed by atoms with van der Waals surface area (Å²) in [6.45, 7) is 0.904. The van der Waals surface area contributed by atoms with E-state index in [1.807, 2.05) is 0 Å². The van der Waals surface area contributed by atoms with Gasteiger partial charge in [-0.05, 0) is 6.42 Å². The van der Waals surface area contributed by atoms with E-state index in [0.717, 1.165) is 12.8 Å². The first kappa shape index (κ1) is 23.5. The standard InChI is InChI=1S/C14H24O6.K/c1-2-3-4-5-6-7-8-9-13(17)20-14(18)11-19-10-12(15)16;/h2-11H2,1H3,(H,15,16);/q;+1/p-1. The number of rotatable bonds is 12. The van der Waals surface area contributed by atoms with Crippen LogP contribution in [-0.2, 0) is 23.9 Å². The Labute approximate surface area is 168 Å². The molecule has 116 valence electrons. The Hall–Kier alpha value is 0.206. The number of hydrogen-bond acceptors (Lipinski definition) is 6. The van der Waals surface area contributed by atoms with Gasteiger partial charge in [0.05, 0.1) is 12.6 Å². The number of aliphatic carboxylic acids is 1. The SMILES string of the molecule is CCCCCCCCCC(=O)OC(=O)COCC(=O)[O-].[K+]. The molecule has 0 aromatic heterocycles. The molecule has 0 aromatic carbocycles. The van der Waals surface area contributed by atoms with Gasteiger partial charge in [-0.2, -0.15) is 0 Å². The van der Waals surface area contributed by atoms with Crippen LogP contribution in [0.25, 0.3) is 0 Å². The van der Waals surface area contributed by atoms with Crippen LogP contribution in [0, 0.1) is 0 Å². The van der Waals surface area contributed by atoms with Crippen molar-refractivity contribution in [3.63, 3.8) is 0 Å². The summed E-state index contributed by atoms with van der Waals surface area (Å²) in [7, 11) is 0. The summed E-state index contributed by atoms with van der Waals surface area (Å²) in [5, 5.41) is 10.0. The van der Waals surface area contributed by atoms with Crippen molar-refractivity contribution in [1.82, 2.24) is 0 Å². The van der Waals surface area contributed by atoms with Crippen molar-refractivity contribution >= 4 is 17.9 Å². The molecule has 6 nitrogen and oxygen atoms in total. The summed E-state index contributed by atoms with van der Waals surface area (Å²) in [5.41, 5.74) is 0. The minimum Gasteiger partial charge on any atom is -0.548 e. The van der Waals surface area contributed by atoms with Crippen LogP contribution in [0.15, 0.2) is 0 Å². The van der Waals surface area contributed by atoms with Gasteiger partial charge >= 0.3 is 63.3 Å². The molecule has 0 aromatic rings. The second-order valence-electron chi connectivity index (χ2n) is 4.58. The van der Waals surface area contributed by atoms with Crippen molar-refractivity contribution in [3.8, 4) is 0 Å². The number of hydrogen-bond donors (Lipinski definition) is 0. The Bertz CT molecular complexity index is 306. The predicted molar refractivity (Wildman–Crippen MR) is 69.5 cm³/mol. The number of carboxylic acid groups (broad SMARTS) is 1. The normalized spacial score (nSPS) is 9.76. The van der Waals surface area contributed by atoms with Crippen LogP contribution in [0.2, 0.25) is 0 Å². The van der Waals surface area contributed by atoms with E-state index in [1.165, 1.54) is 25.7 Å². The molecule has 0 atom stereocenters. The van der Waals surface area contributed by atoms with E-state index in [2.05, 4.69) is 16.4 Å². The summed E-state index contributed by atoms with van der Waals surface area (Å²) in [6, 6.07) is 0. The first-order valence-electron chi connectivity index (χ1n) is 7.07. The van der Waals surface area contributed by atoms with Crippen molar-refractivity contribution < 1.29 is 80.3 Å². The van der Waals surface area contributed by atoms with Crippen molar-refractivity contribution in [1.29, 1.82) is 0 Å². The minimum atomic E-state index is -1.42. The molecular weight excluding hydrogens is 303 g/mol. The van der Waals surface area contributed by atoms with Gasteiger partial charge in [-0.1, -0.05) is 45.4 Å². The van der Waals surface area contributed by atoms with E-state index in [-0.39, 0.29) is 57.8 Å². The summed E-state index contributed by atoms with van der Waals surface area (Å²) >= 11 is 0. The van der Waals surface area contributed by atoms with Crippen LogP contribution in [0.1, 0.15) is 58.3 Å².